The molecule has 2 aliphatic rings. The van der Waals surface area contributed by atoms with Crippen molar-refractivity contribution in [3.8, 4) is 0 Å². The fraction of sp³-hybridized carbons (Fsp3) is 0.611. The maximum Gasteiger partial charge on any atom is 0.242 e. The zero-order valence-electron chi connectivity index (χ0n) is 14.8. The summed E-state index contributed by atoms with van der Waals surface area (Å²) >= 11 is 0. The summed E-state index contributed by atoms with van der Waals surface area (Å²) in [5, 5.41) is 6.10. The lowest BCUT2D eigenvalue weighted by Gasteiger charge is -2.37. The van der Waals surface area contributed by atoms with Crippen molar-refractivity contribution in [2.45, 2.75) is 38.8 Å². The smallest absolute Gasteiger partial charge is 0.242 e. The van der Waals surface area contributed by atoms with Crippen molar-refractivity contribution in [3.63, 3.8) is 0 Å². The van der Waals surface area contributed by atoms with Crippen molar-refractivity contribution < 1.29 is 14.3 Å². The van der Waals surface area contributed by atoms with Crippen LogP contribution < -0.4 is 10.6 Å². The van der Waals surface area contributed by atoms with Gasteiger partial charge in [-0.25, -0.2) is 4.98 Å². The summed E-state index contributed by atoms with van der Waals surface area (Å²) in [5.74, 6) is 0.550. The van der Waals surface area contributed by atoms with Crippen LogP contribution in [0.15, 0.2) is 18.3 Å². The molecular weight excluding hydrogens is 320 g/mol. The van der Waals surface area contributed by atoms with Crippen LogP contribution in [-0.4, -0.2) is 60.1 Å². The molecule has 0 spiro atoms. The van der Waals surface area contributed by atoms with E-state index in [9.17, 15) is 9.59 Å². The van der Waals surface area contributed by atoms with Crippen molar-refractivity contribution in [1.29, 1.82) is 0 Å². The van der Waals surface area contributed by atoms with Crippen LogP contribution in [0.4, 0.5) is 5.82 Å². The van der Waals surface area contributed by atoms with Crippen LogP contribution in [0.3, 0.4) is 0 Å². The Hall–Kier alpha value is -1.99. The number of carbonyl (C=O) groups is 2. The van der Waals surface area contributed by atoms with E-state index in [2.05, 4.69) is 15.6 Å². The zero-order valence-corrected chi connectivity index (χ0v) is 14.8. The highest BCUT2D eigenvalue weighted by atomic mass is 16.5. The lowest BCUT2D eigenvalue weighted by Crippen LogP contribution is -2.57. The van der Waals surface area contributed by atoms with E-state index in [0.717, 1.165) is 5.56 Å². The van der Waals surface area contributed by atoms with Gasteiger partial charge in [-0.3, -0.25) is 9.59 Å². The Morgan fingerprint density at radius 3 is 2.72 bits per heavy atom. The summed E-state index contributed by atoms with van der Waals surface area (Å²) < 4.78 is 5.56. The first-order valence-electron chi connectivity index (χ1n) is 8.92. The second-order valence-electron chi connectivity index (χ2n) is 6.82. The van der Waals surface area contributed by atoms with Crippen LogP contribution in [0.25, 0.3) is 0 Å². The predicted molar refractivity (Wildman–Crippen MR) is 94.1 cm³/mol. The van der Waals surface area contributed by atoms with Gasteiger partial charge < -0.3 is 20.3 Å². The summed E-state index contributed by atoms with van der Waals surface area (Å²) in [6.07, 6.45) is 2.96. The maximum absolute atomic E-state index is 12.6. The molecule has 136 valence electrons. The molecule has 0 radical (unpaired) electrons. The maximum atomic E-state index is 12.6. The summed E-state index contributed by atoms with van der Waals surface area (Å²) in [6.45, 7) is 6.41. The molecule has 0 unspecified atom stereocenters. The predicted octanol–water partition coefficient (Wildman–Crippen LogP) is 0.944. The third-order valence-electron chi connectivity index (χ3n) is 4.92. The van der Waals surface area contributed by atoms with Crippen molar-refractivity contribution in [3.05, 3.63) is 23.9 Å². The highest BCUT2D eigenvalue weighted by Gasteiger charge is 2.34. The van der Waals surface area contributed by atoms with Gasteiger partial charge in [0.2, 0.25) is 11.8 Å². The molecule has 2 saturated heterocycles. The second kappa shape index (κ2) is 7.93. The van der Waals surface area contributed by atoms with Gasteiger partial charge in [-0.05, 0) is 38.3 Å². The van der Waals surface area contributed by atoms with E-state index in [4.69, 9.17) is 4.74 Å². The Labute approximate surface area is 148 Å². The van der Waals surface area contributed by atoms with Crippen LogP contribution in [0.2, 0.25) is 0 Å². The van der Waals surface area contributed by atoms with Crippen molar-refractivity contribution in [2.24, 2.45) is 5.92 Å². The van der Waals surface area contributed by atoms with Crippen LogP contribution in [0.1, 0.15) is 25.3 Å². The van der Waals surface area contributed by atoms with Gasteiger partial charge in [-0.1, -0.05) is 6.07 Å². The lowest BCUT2D eigenvalue weighted by molar-refractivity contribution is -0.142. The number of anilines is 1. The third-order valence-corrected chi connectivity index (χ3v) is 4.92. The number of rotatable bonds is 3. The first-order valence-corrected chi connectivity index (χ1v) is 8.92. The van der Waals surface area contributed by atoms with Crippen LogP contribution >= 0.6 is 0 Å². The molecule has 2 amide bonds. The third kappa shape index (κ3) is 4.35. The Kier molecular flexibility index (Phi) is 5.65. The summed E-state index contributed by atoms with van der Waals surface area (Å²) in [7, 11) is 0. The molecule has 0 aliphatic carbocycles. The number of aromatic nitrogens is 1. The first-order chi connectivity index (χ1) is 12.0. The molecule has 1 aromatic heterocycles. The molecule has 7 heteroatoms. The fourth-order valence-corrected chi connectivity index (χ4v) is 3.34. The van der Waals surface area contributed by atoms with Gasteiger partial charge in [0.15, 0.2) is 0 Å². The largest absolute Gasteiger partial charge is 0.375 e. The van der Waals surface area contributed by atoms with Crippen LogP contribution in [0, 0.1) is 12.8 Å². The highest BCUT2D eigenvalue weighted by Crippen LogP contribution is 2.21. The molecule has 2 aliphatic heterocycles. The van der Waals surface area contributed by atoms with Crippen molar-refractivity contribution >= 4 is 17.6 Å². The van der Waals surface area contributed by atoms with Gasteiger partial charge in [0, 0.05) is 31.7 Å². The fourth-order valence-electron chi connectivity index (χ4n) is 3.34. The van der Waals surface area contributed by atoms with Gasteiger partial charge in [0.25, 0.3) is 0 Å². The van der Waals surface area contributed by atoms with E-state index < -0.39 is 0 Å². The van der Waals surface area contributed by atoms with Crippen molar-refractivity contribution in [1.82, 2.24) is 15.2 Å². The molecule has 2 N–H and O–H groups in total. The Morgan fingerprint density at radius 2 is 2.08 bits per heavy atom. The van der Waals surface area contributed by atoms with Gasteiger partial charge in [0.1, 0.15) is 11.9 Å². The molecule has 25 heavy (non-hydrogen) atoms. The van der Waals surface area contributed by atoms with E-state index in [1.165, 1.54) is 0 Å². The number of nitrogens with one attached hydrogen (secondary N) is 2. The number of ether oxygens (including phenoxy) is 1. The number of pyridine rings is 1. The first kappa shape index (κ1) is 17.8. The summed E-state index contributed by atoms with van der Waals surface area (Å²) in [6, 6.07) is 3.45. The molecule has 3 heterocycles. The molecule has 2 atom stereocenters. The lowest BCUT2D eigenvalue weighted by atomic mass is 9.95. The number of nitrogens with zero attached hydrogens (tertiary/aromatic N) is 2. The van der Waals surface area contributed by atoms with Crippen LogP contribution in [0.5, 0.6) is 0 Å². The Balaban J connectivity index is 1.50. The quantitative estimate of drug-likeness (QED) is 0.851. The minimum absolute atomic E-state index is 0.0176. The van der Waals surface area contributed by atoms with Gasteiger partial charge in [-0.2, -0.15) is 0 Å². The van der Waals surface area contributed by atoms with Crippen molar-refractivity contribution in [2.75, 3.05) is 31.6 Å². The molecule has 1 aromatic rings. The topological polar surface area (TPSA) is 83.6 Å². The molecular formula is C18H26N4O3. The van der Waals surface area contributed by atoms with Gasteiger partial charge in [0.05, 0.1) is 12.7 Å². The number of carbonyl (C=O) groups excluding carboxylic acids is 2. The highest BCUT2D eigenvalue weighted by molar-refractivity contribution is 5.92. The van der Waals surface area contributed by atoms with Gasteiger partial charge in [-0.15, -0.1) is 0 Å². The Bertz CT molecular complexity index is 611. The summed E-state index contributed by atoms with van der Waals surface area (Å²) in [5.41, 5.74) is 1.05. The van der Waals surface area contributed by atoms with Gasteiger partial charge >= 0.3 is 0 Å². The van der Waals surface area contributed by atoms with E-state index in [-0.39, 0.29) is 29.9 Å². The molecule has 0 bridgehead atoms. The molecule has 0 aromatic carbocycles. The number of likely N-dealkylation sites (tertiary alicyclic amines) is 1. The van der Waals surface area contributed by atoms with E-state index >= 15 is 0 Å². The average molecular weight is 346 g/mol. The molecule has 7 nitrogen and oxygen atoms in total. The number of aryl methyl sites for hydroxylation is 1. The summed E-state index contributed by atoms with van der Waals surface area (Å²) in [4.78, 5) is 31.1. The number of morpholine rings is 1. The number of hydrogen-bond acceptors (Lipinski definition) is 5. The zero-order chi connectivity index (χ0) is 17.8. The van der Waals surface area contributed by atoms with E-state index in [0.29, 0.717) is 44.9 Å². The molecule has 0 saturated carbocycles. The number of hydrogen-bond donors (Lipinski definition) is 2. The molecule has 2 fully saturated rings. The van der Waals surface area contributed by atoms with E-state index in [1.807, 2.05) is 30.9 Å². The average Bonchev–Trinajstić information content (AvgIpc) is 2.63. The van der Waals surface area contributed by atoms with Crippen LogP contribution in [-0.2, 0) is 14.3 Å². The second-order valence-corrected chi connectivity index (χ2v) is 6.82. The Morgan fingerprint density at radius 1 is 1.32 bits per heavy atom. The standard InChI is InChI=1S/C18H26N4O3/c1-12-3-4-15(20-11-12)21-17(23)14-5-8-22(9-6-14)18(24)16-13(2)25-10-7-19-16/h3-4,11,13-14,16,19H,5-10H2,1-2H3,(H,20,21,23)/t13-,16+/m1/s1. The number of piperidine rings is 1. The monoisotopic (exact) mass is 346 g/mol. The minimum Gasteiger partial charge on any atom is -0.375 e. The number of amides is 2. The normalized spacial score (nSPS) is 24.8. The van der Waals surface area contributed by atoms with E-state index in [1.54, 1.807) is 6.20 Å². The molecule has 3 rings (SSSR count). The minimum atomic E-state index is -0.282. The SMILES string of the molecule is Cc1ccc(NC(=O)C2CCN(C(=O)[C@H]3NCCO[C@@H]3C)CC2)nc1.